The average molecular weight is 577 g/mol. The van der Waals surface area contributed by atoms with E-state index in [1.807, 2.05) is 60.7 Å². The Morgan fingerprint density at radius 1 is 0.833 bits per heavy atom. The zero-order valence-corrected chi connectivity index (χ0v) is 25.7. The van der Waals surface area contributed by atoms with E-state index in [1.54, 1.807) is 6.92 Å². The van der Waals surface area contributed by atoms with E-state index in [-0.39, 0.29) is 12.1 Å². The molecule has 1 spiro atoms. The van der Waals surface area contributed by atoms with Crippen molar-refractivity contribution in [3.63, 3.8) is 0 Å². The summed E-state index contributed by atoms with van der Waals surface area (Å²) in [5.74, 6) is -0.733. The molecular weight excluding hydrogens is 526 g/mol. The van der Waals surface area contributed by atoms with Crippen LogP contribution in [0.1, 0.15) is 108 Å². The first-order valence-corrected chi connectivity index (χ1v) is 16.5. The molecule has 0 saturated carbocycles. The second-order valence-electron chi connectivity index (χ2n) is 12.7. The molecular formula is C36H50NO5+. The number of piperidine rings is 1. The number of benzene rings is 2. The third-order valence-electron chi connectivity index (χ3n) is 10.1. The van der Waals surface area contributed by atoms with Crippen molar-refractivity contribution >= 4 is 11.9 Å². The molecule has 3 aliphatic rings. The molecule has 0 radical (unpaired) electrons. The molecule has 0 N–H and O–H groups in total. The molecule has 3 atom stereocenters. The summed E-state index contributed by atoms with van der Waals surface area (Å²) in [6, 6.07) is 20.2. The summed E-state index contributed by atoms with van der Waals surface area (Å²) in [5, 5.41) is 0. The lowest BCUT2D eigenvalue weighted by Gasteiger charge is -2.47. The van der Waals surface area contributed by atoms with Gasteiger partial charge in [-0.15, -0.1) is 0 Å². The number of unbranched alkanes of at least 4 members (excludes halogenated alkanes) is 5. The van der Waals surface area contributed by atoms with Gasteiger partial charge >= 0.3 is 11.9 Å². The van der Waals surface area contributed by atoms with Crippen molar-refractivity contribution in [1.29, 1.82) is 0 Å². The monoisotopic (exact) mass is 576 g/mol. The van der Waals surface area contributed by atoms with E-state index in [9.17, 15) is 9.59 Å². The number of rotatable bonds is 14. The summed E-state index contributed by atoms with van der Waals surface area (Å²) < 4.78 is 20.0. The predicted octanol–water partition coefficient (Wildman–Crippen LogP) is 7.43. The molecule has 2 bridgehead atoms. The Morgan fingerprint density at radius 2 is 1.38 bits per heavy atom. The molecule has 6 heteroatoms. The van der Waals surface area contributed by atoms with Gasteiger partial charge in [-0.1, -0.05) is 99.7 Å². The highest BCUT2D eigenvalue weighted by molar-refractivity contribution is 5.86. The molecule has 0 amide bonds. The molecule has 42 heavy (non-hydrogen) atoms. The predicted molar refractivity (Wildman–Crippen MR) is 163 cm³/mol. The first-order chi connectivity index (χ1) is 20.5. The third kappa shape index (κ3) is 6.60. The molecule has 3 fully saturated rings. The summed E-state index contributed by atoms with van der Waals surface area (Å²) in [6.07, 6.45) is 12.7. The number of ether oxygens (including phenoxy) is 3. The average Bonchev–Trinajstić information content (AvgIpc) is 3.55. The van der Waals surface area contributed by atoms with Crippen LogP contribution in [-0.4, -0.2) is 54.0 Å². The van der Waals surface area contributed by atoms with E-state index >= 15 is 0 Å². The second-order valence-corrected chi connectivity index (χ2v) is 12.7. The van der Waals surface area contributed by atoms with Crippen LogP contribution in [0.15, 0.2) is 60.7 Å². The fourth-order valence-electron chi connectivity index (χ4n) is 8.04. The van der Waals surface area contributed by atoms with Crippen LogP contribution in [-0.2, 0) is 29.4 Å². The highest BCUT2D eigenvalue weighted by Crippen LogP contribution is 2.47. The van der Waals surface area contributed by atoms with Crippen LogP contribution in [0.4, 0.5) is 0 Å². The van der Waals surface area contributed by atoms with Crippen LogP contribution < -0.4 is 0 Å². The number of nitrogens with zero attached hydrogens (tertiary/aromatic N) is 1. The van der Waals surface area contributed by atoms with Gasteiger partial charge < -0.3 is 18.7 Å². The SMILES string of the molecule is CCCCCCCCC(=O)OC(C)OC(C(=O)OC1CC2CCC(C1)[N+]21CCCC1)(c1ccccc1)c1ccccc1. The van der Waals surface area contributed by atoms with Crippen molar-refractivity contribution in [3.8, 4) is 0 Å². The molecule has 3 unspecified atom stereocenters. The number of quaternary nitrogens is 1. The fraction of sp³-hybridized carbons (Fsp3) is 0.611. The number of carbonyl (C=O) groups excluding carboxylic acids is 2. The lowest BCUT2D eigenvalue weighted by Crippen LogP contribution is -2.60. The van der Waals surface area contributed by atoms with Crippen LogP contribution in [0.2, 0.25) is 0 Å². The first-order valence-electron chi connectivity index (χ1n) is 16.5. The van der Waals surface area contributed by atoms with Crippen LogP contribution in [0.5, 0.6) is 0 Å². The minimum absolute atomic E-state index is 0.139. The van der Waals surface area contributed by atoms with E-state index in [1.165, 1.54) is 62.5 Å². The molecule has 6 nitrogen and oxygen atoms in total. The molecule has 3 saturated heterocycles. The molecule has 3 heterocycles. The standard InChI is InChI=1S/C36H50NO5/c1-3-4-5-6-7-14-21-34(38)40-28(2)42-36(29-17-10-8-11-18-29,30-19-12-9-13-20-30)35(39)41-33-26-31-22-23-32(27-33)37(31)24-15-16-25-37/h8-13,17-20,28,31-33H,3-7,14-16,21-27H2,1-2H3/q+1. The Labute approximate surface area is 252 Å². The van der Waals surface area contributed by atoms with Crippen LogP contribution in [0, 0.1) is 0 Å². The third-order valence-corrected chi connectivity index (χ3v) is 10.1. The van der Waals surface area contributed by atoms with Crippen LogP contribution in [0.3, 0.4) is 0 Å². The van der Waals surface area contributed by atoms with Crippen molar-refractivity contribution in [3.05, 3.63) is 71.8 Å². The molecule has 5 rings (SSSR count). The summed E-state index contributed by atoms with van der Waals surface area (Å²) >= 11 is 0. The van der Waals surface area contributed by atoms with Crippen LogP contribution in [0.25, 0.3) is 0 Å². The van der Waals surface area contributed by atoms with Gasteiger partial charge in [0.2, 0.25) is 11.9 Å². The maximum atomic E-state index is 14.5. The highest BCUT2D eigenvalue weighted by atomic mass is 16.7. The van der Waals surface area contributed by atoms with E-state index in [4.69, 9.17) is 14.2 Å². The van der Waals surface area contributed by atoms with Gasteiger partial charge in [-0.25, -0.2) is 4.79 Å². The Balaban J connectivity index is 1.34. The van der Waals surface area contributed by atoms with Gasteiger partial charge in [0, 0.05) is 44.9 Å². The maximum absolute atomic E-state index is 14.5. The molecule has 0 aliphatic carbocycles. The largest absolute Gasteiger partial charge is 0.459 e. The Kier molecular flexibility index (Phi) is 10.4. The summed E-state index contributed by atoms with van der Waals surface area (Å²) in [5.41, 5.74) is -0.220. The van der Waals surface area contributed by atoms with E-state index < -0.39 is 17.9 Å². The Morgan fingerprint density at radius 3 is 1.95 bits per heavy atom. The van der Waals surface area contributed by atoms with Gasteiger partial charge in [0.05, 0.1) is 25.2 Å². The number of hydrogen-bond donors (Lipinski definition) is 0. The normalized spacial score (nSPS) is 23.5. The lowest BCUT2D eigenvalue weighted by molar-refractivity contribution is -0.956. The first kappa shape index (κ1) is 30.7. The fourth-order valence-corrected chi connectivity index (χ4v) is 8.04. The number of carbonyl (C=O) groups is 2. The minimum atomic E-state index is -1.56. The second kappa shape index (κ2) is 14.2. The quantitative estimate of drug-likeness (QED) is 0.101. The Hall–Kier alpha value is -2.70. The van der Waals surface area contributed by atoms with Gasteiger partial charge in [0.25, 0.3) is 0 Å². The molecule has 2 aromatic rings. The zero-order valence-electron chi connectivity index (χ0n) is 25.7. The molecule has 2 aromatic carbocycles. The van der Waals surface area contributed by atoms with Crippen molar-refractivity contribution in [1.82, 2.24) is 0 Å². The van der Waals surface area contributed by atoms with E-state index in [0.717, 1.165) is 32.1 Å². The number of hydrogen-bond acceptors (Lipinski definition) is 5. The van der Waals surface area contributed by atoms with E-state index in [0.29, 0.717) is 29.6 Å². The molecule has 0 aromatic heterocycles. The topological polar surface area (TPSA) is 61.8 Å². The van der Waals surface area contributed by atoms with Crippen molar-refractivity contribution in [2.45, 2.75) is 127 Å². The molecule has 228 valence electrons. The smallest absolute Gasteiger partial charge is 0.348 e. The Bertz CT molecular complexity index is 1090. The van der Waals surface area contributed by atoms with Crippen molar-refractivity contribution < 1.29 is 28.3 Å². The highest BCUT2D eigenvalue weighted by Gasteiger charge is 2.57. The maximum Gasteiger partial charge on any atom is 0.348 e. The minimum Gasteiger partial charge on any atom is -0.459 e. The van der Waals surface area contributed by atoms with Gasteiger partial charge in [0.1, 0.15) is 6.10 Å². The van der Waals surface area contributed by atoms with Gasteiger partial charge in [-0.2, -0.15) is 0 Å². The summed E-state index contributed by atoms with van der Waals surface area (Å²) in [4.78, 5) is 27.3. The van der Waals surface area contributed by atoms with Crippen LogP contribution >= 0.6 is 0 Å². The van der Waals surface area contributed by atoms with Gasteiger partial charge in [-0.3, -0.25) is 4.79 Å². The summed E-state index contributed by atoms with van der Waals surface area (Å²) in [6.45, 7) is 6.45. The summed E-state index contributed by atoms with van der Waals surface area (Å²) in [7, 11) is 0. The zero-order chi connectivity index (χ0) is 29.4. The van der Waals surface area contributed by atoms with E-state index in [2.05, 4.69) is 6.92 Å². The van der Waals surface area contributed by atoms with Crippen molar-refractivity contribution in [2.24, 2.45) is 0 Å². The van der Waals surface area contributed by atoms with Crippen molar-refractivity contribution in [2.75, 3.05) is 13.1 Å². The van der Waals surface area contributed by atoms with Gasteiger partial charge in [-0.05, 0) is 24.5 Å². The lowest BCUT2D eigenvalue weighted by atomic mass is 9.85. The van der Waals surface area contributed by atoms with Gasteiger partial charge in [0.15, 0.2) is 0 Å². The molecule has 3 aliphatic heterocycles. The number of esters is 2.